The molecule has 0 aromatic rings. The molecule has 0 spiro atoms. The molecule has 1 N–H and O–H groups in total. The zero-order valence-corrected chi connectivity index (χ0v) is 11.3. The minimum absolute atomic E-state index is 0.0598. The van der Waals surface area contributed by atoms with Crippen molar-refractivity contribution in [1.82, 2.24) is 15.1 Å². The van der Waals surface area contributed by atoms with Gasteiger partial charge < -0.3 is 15.1 Å². The third kappa shape index (κ3) is 5.95. The summed E-state index contributed by atoms with van der Waals surface area (Å²) in [5, 5.41) is 2.95. The Morgan fingerprint density at radius 2 is 1.56 bits per heavy atom. The van der Waals surface area contributed by atoms with Crippen molar-refractivity contribution in [2.45, 2.75) is 34.1 Å². The van der Waals surface area contributed by atoms with Crippen LogP contribution in [0.3, 0.4) is 0 Å². The molecule has 0 aliphatic rings. The lowest BCUT2D eigenvalue weighted by molar-refractivity contribution is 0.202. The van der Waals surface area contributed by atoms with E-state index in [1.54, 1.807) is 4.90 Å². The molecule has 4 heteroatoms. The summed E-state index contributed by atoms with van der Waals surface area (Å²) in [6.07, 6.45) is 1.02. The molecule has 0 rings (SSSR count). The van der Waals surface area contributed by atoms with Gasteiger partial charge in [-0.05, 0) is 39.9 Å². The number of hydrogen-bond donors (Lipinski definition) is 1. The van der Waals surface area contributed by atoms with Crippen LogP contribution in [0.25, 0.3) is 0 Å². The average molecular weight is 229 g/mol. The highest BCUT2D eigenvalue weighted by Gasteiger charge is 2.07. The number of amides is 2. The van der Waals surface area contributed by atoms with Gasteiger partial charge in [0.05, 0.1) is 0 Å². The summed E-state index contributed by atoms with van der Waals surface area (Å²) in [7, 11) is 0. The first-order valence-electron chi connectivity index (χ1n) is 6.44. The smallest absolute Gasteiger partial charge is 0.317 e. The van der Waals surface area contributed by atoms with Crippen molar-refractivity contribution in [2.75, 3.05) is 39.3 Å². The molecule has 0 radical (unpaired) electrons. The molecule has 2 amide bonds. The van der Waals surface area contributed by atoms with Gasteiger partial charge >= 0.3 is 6.03 Å². The van der Waals surface area contributed by atoms with Gasteiger partial charge in [-0.1, -0.05) is 13.8 Å². The van der Waals surface area contributed by atoms with E-state index in [-0.39, 0.29) is 6.03 Å². The number of carbonyl (C=O) groups is 1. The van der Waals surface area contributed by atoms with Crippen molar-refractivity contribution < 1.29 is 4.79 Å². The van der Waals surface area contributed by atoms with E-state index in [0.717, 1.165) is 45.7 Å². The van der Waals surface area contributed by atoms with E-state index in [4.69, 9.17) is 0 Å². The van der Waals surface area contributed by atoms with E-state index in [9.17, 15) is 4.79 Å². The van der Waals surface area contributed by atoms with Crippen LogP contribution in [0.4, 0.5) is 4.79 Å². The maximum absolute atomic E-state index is 11.6. The summed E-state index contributed by atoms with van der Waals surface area (Å²) >= 11 is 0. The third-order valence-corrected chi connectivity index (χ3v) is 2.87. The van der Waals surface area contributed by atoms with Crippen LogP contribution in [-0.2, 0) is 0 Å². The van der Waals surface area contributed by atoms with Crippen molar-refractivity contribution in [3.05, 3.63) is 0 Å². The lowest BCUT2D eigenvalue weighted by Gasteiger charge is -2.21. The van der Waals surface area contributed by atoms with Crippen molar-refractivity contribution in [1.29, 1.82) is 0 Å². The fourth-order valence-corrected chi connectivity index (χ4v) is 1.66. The van der Waals surface area contributed by atoms with Gasteiger partial charge in [0.15, 0.2) is 0 Å². The van der Waals surface area contributed by atoms with Gasteiger partial charge in [-0.25, -0.2) is 4.79 Å². The van der Waals surface area contributed by atoms with E-state index in [1.165, 1.54) is 0 Å². The van der Waals surface area contributed by atoms with E-state index < -0.39 is 0 Å². The summed E-state index contributed by atoms with van der Waals surface area (Å²) in [5.74, 6) is 0. The number of carbonyl (C=O) groups excluding carboxylic acids is 1. The Morgan fingerprint density at radius 1 is 1.00 bits per heavy atom. The lowest BCUT2D eigenvalue weighted by Crippen LogP contribution is -2.40. The minimum Gasteiger partial charge on any atom is -0.338 e. The molecule has 96 valence electrons. The normalized spacial score (nSPS) is 10.6. The zero-order valence-electron chi connectivity index (χ0n) is 11.3. The van der Waals surface area contributed by atoms with Gasteiger partial charge in [0.2, 0.25) is 0 Å². The Balaban J connectivity index is 3.61. The maximum atomic E-state index is 11.6. The lowest BCUT2D eigenvalue weighted by atomic mass is 10.3. The van der Waals surface area contributed by atoms with E-state index in [1.807, 2.05) is 13.8 Å². The molecule has 0 bridgehead atoms. The van der Waals surface area contributed by atoms with Gasteiger partial charge in [0.25, 0.3) is 0 Å². The first-order valence-corrected chi connectivity index (χ1v) is 6.44. The Kier molecular flexibility index (Phi) is 9.00. The molecule has 0 aliphatic carbocycles. The van der Waals surface area contributed by atoms with Crippen LogP contribution in [0.5, 0.6) is 0 Å². The van der Waals surface area contributed by atoms with Gasteiger partial charge in [0.1, 0.15) is 0 Å². The average Bonchev–Trinajstić information content (AvgIpc) is 2.31. The van der Waals surface area contributed by atoms with Crippen molar-refractivity contribution in [3.63, 3.8) is 0 Å². The Morgan fingerprint density at radius 3 is 2.00 bits per heavy atom. The van der Waals surface area contributed by atoms with Crippen LogP contribution in [0.15, 0.2) is 0 Å². The predicted octanol–water partition coefficient (Wildman–Crippen LogP) is 1.77. The molecule has 4 nitrogen and oxygen atoms in total. The van der Waals surface area contributed by atoms with Gasteiger partial charge in [0, 0.05) is 19.6 Å². The first-order chi connectivity index (χ1) is 7.69. The second-order valence-electron chi connectivity index (χ2n) is 3.78. The Labute approximate surface area is 100.0 Å². The number of rotatable bonds is 8. The molecule has 0 saturated heterocycles. The van der Waals surface area contributed by atoms with Gasteiger partial charge in [-0.2, -0.15) is 0 Å². The van der Waals surface area contributed by atoms with Crippen LogP contribution in [-0.4, -0.2) is 55.1 Å². The van der Waals surface area contributed by atoms with E-state index >= 15 is 0 Å². The largest absolute Gasteiger partial charge is 0.338 e. The second kappa shape index (κ2) is 9.46. The van der Waals surface area contributed by atoms with Crippen molar-refractivity contribution >= 4 is 6.03 Å². The zero-order chi connectivity index (χ0) is 12.4. The Bertz CT molecular complexity index is 177. The van der Waals surface area contributed by atoms with Gasteiger partial charge in [-0.15, -0.1) is 0 Å². The summed E-state index contributed by atoms with van der Waals surface area (Å²) in [6.45, 7) is 13.9. The topological polar surface area (TPSA) is 35.6 Å². The van der Waals surface area contributed by atoms with Crippen LogP contribution in [0.2, 0.25) is 0 Å². The summed E-state index contributed by atoms with van der Waals surface area (Å²) in [6, 6.07) is 0.0598. The number of nitrogens with zero attached hydrogens (tertiary/aromatic N) is 2. The fraction of sp³-hybridized carbons (Fsp3) is 0.917. The molecular weight excluding hydrogens is 202 g/mol. The molecule has 0 unspecified atom stereocenters. The molecule has 0 atom stereocenters. The first kappa shape index (κ1) is 15.2. The highest BCUT2D eigenvalue weighted by molar-refractivity contribution is 5.73. The van der Waals surface area contributed by atoms with Crippen molar-refractivity contribution in [2.24, 2.45) is 0 Å². The van der Waals surface area contributed by atoms with Crippen LogP contribution in [0, 0.1) is 0 Å². The van der Waals surface area contributed by atoms with E-state index in [2.05, 4.69) is 24.1 Å². The summed E-state index contributed by atoms with van der Waals surface area (Å²) in [5.41, 5.74) is 0. The molecule has 0 saturated carbocycles. The molecular formula is C12H27N3O. The molecule has 0 fully saturated rings. The highest BCUT2D eigenvalue weighted by Crippen LogP contribution is 1.91. The molecule has 0 heterocycles. The Hall–Kier alpha value is -0.770. The molecule has 16 heavy (non-hydrogen) atoms. The van der Waals surface area contributed by atoms with E-state index in [0.29, 0.717) is 0 Å². The van der Waals surface area contributed by atoms with Gasteiger partial charge in [-0.3, -0.25) is 0 Å². The SMILES string of the molecule is CCN(CC)CCCNC(=O)N(CC)CC. The quantitative estimate of drug-likeness (QED) is 0.644. The number of nitrogens with one attached hydrogen (secondary N) is 1. The standard InChI is InChI=1S/C12H27N3O/c1-5-14(6-2)11-9-10-13-12(16)15(7-3)8-4/h5-11H2,1-4H3,(H,13,16). The molecule has 0 aromatic carbocycles. The fourth-order valence-electron chi connectivity index (χ4n) is 1.66. The van der Waals surface area contributed by atoms with Crippen LogP contribution in [0.1, 0.15) is 34.1 Å². The molecule has 0 aromatic heterocycles. The number of hydrogen-bond acceptors (Lipinski definition) is 2. The monoisotopic (exact) mass is 229 g/mol. The minimum atomic E-state index is 0.0598. The third-order valence-electron chi connectivity index (χ3n) is 2.87. The van der Waals surface area contributed by atoms with Crippen molar-refractivity contribution in [3.8, 4) is 0 Å². The second-order valence-corrected chi connectivity index (χ2v) is 3.78. The highest BCUT2D eigenvalue weighted by atomic mass is 16.2. The summed E-state index contributed by atoms with van der Waals surface area (Å²) < 4.78 is 0. The van der Waals surface area contributed by atoms with Crippen LogP contribution < -0.4 is 5.32 Å². The molecule has 0 aliphatic heterocycles. The summed E-state index contributed by atoms with van der Waals surface area (Å²) in [4.78, 5) is 15.8. The predicted molar refractivity (Wildman–Crippen MR) is 68.7 cm³/mol. The van der Waals surface area contributed by atoms with Crippen LogP contribution >= 0.6 is 0 Å². The number of urea groups is 1. The maximum Gasteiger partial charge on any atom is 0.317 e.